The van der Waals surface area contributed by atoms with Crippen molar-refractivity contribution in [3.8, 4) is 0 Å². The zero-order valence-electron chi connectivity index (χ0n) is 9.67. The molecule has 2 atom stereocenters. The monoisotopic (exact) mass is 242 g/mol. The third kappa shape index (κ3) is 3.17. The SMILES string of the molecule is NC(CC(=O)N1CCOC(C(=O)O)C1)C1CC1. The van der Waals surface area contributed by atoms with Crippen molar-refractivity contribution in [2.24, 2.45) is 11.7 Å². The first kappa shape index (κ1) is 12.3. The molecular formula is C11H18N2O4. The number of nitrogens with zero attached hydrogens (tertiary/aromatic N) is 1. The Kier molecular flexibility index (Phi) is 3.63. The highest BCUT2D eigenvalue weighted by atomic mass is 16.5. The number of carbonyl (C=O) groups excluding carboxylic acids is 1. The number of nitrogens with two attached hydrogens (primary N) is 1. The second-order valence-corrected chi connectivity index (χ2v) is 4.74. The number of carbonyl (C=O) groups is 2. The molecule has 6 nitrogen and oxygen atoms in total. The van der Waals surface area contributed by atoms with Gasteiger partial charge in [0.2, 0.25) is 5.91 Å². The van der Waals surface area contributed by atoms with E-state index in [1.54, 1.807) is 4.90 Å². The van der Waals surface area contributed by atoms with Crippen molar-refractivity contribution in [1.82, 2.24) is 4.90 Å². The van der Waals surface area contributed by atoms with Gasteiger partial charge in [-0.2, -0.15) is 0 Å². The third-order valence-electron chi connectivity index (χ3n) is 3.33. The van der Waals surface area contributed by atoms with Crippen LogP contribution < -0.4 is 5.73 Å². The van der Waals surface area contributed by atoms with Crippen molar-refractivity contribution in [2.75, 3.05) is 19.7 Å². The number of hydrogen-bond acceptors (Lipinski definition) is 4. The van der Waals surface area contributed by atoms with E-state index in [2.05, 4.69) is 0 Å². The van der Waals surface area contributed by atoms with Crippen molar-refractivity contribution in [2.45, 2.75) is 31.4 Å². The van der Waals surface area contributed by atoms with E-state index in [9.17, 15) is 9.59 Å². The van der Waals surface area contributed by atoms with Crippen LogP contribution in [-0.2, 0) is 14.3 Å². The highest BCUT2D eigenvalue weighted by Gasteiger charge is 2.33. The van der Waals surface area contributed by atoms with Crippen LogP contribution in [0, 0.1) is 5.92 Å². The lowest BCUT2D eigenvalue weighted by Crippen LogP contribution is -2.49. The molecule has 2 aliphatic rings. The van der Waals surface area contributed by atoms with Crippen molar-refractivity contribution in [3.63, 3.8) is 0 Å². The summed E-state index contributed by atoms with van der Waals surface area (Å²) >= 11 is 0. The molecule has 0 spiro atoms. The van der Waals surface area contributed by atoms with Gasteiger partial charge in [-0.15, -0.1) is 0 Å². The average Bonchev–Trinajstić information content (AvgIpc) is 3.12. The Morgan fingerprint density at radius 3 is 2.76 bits per heavy atom. The van der Waals surface area contributed by atoms with Crippen LogP contribution in [0.3, 0.4) is 0 Å². The van der Waals surface area contributed by atoms with Gasteiger partial charge in [0.05, 0.1) is 13.2 Å². The maximum absolute atomic E-state index is 11.9. The number of morpholine rings is 1. The molecule has 0 aromatic heterocycles. The lowest BCUT2D eigenvalue weighted by molar-refractivity contribution is -0.159. The maximum atomic E-state index is 11.9. The molecule has 1 aliphatic heterocycles. The van der Waals surface area contributed by atoms with Crippen LogP contribution in [0.4, 0.5) is 0 Å². The molecule has 3 N–H and O–H groups in total. The largest absolute Gasteiger partial charge is 0.479 e. The lowest BCUT2D eigenvalue weighted by atomic mass is 10.1. The van der Waals surface area contributed by atoms with Gasteiger partial charge in [0.1, 0.15) is 0 Å². The minimum atomic E-state index is -1.02. The summed E-state index contributed by atoms with van der Waals surface area (Å²) in [7, 11) is 0. The predicted molar refractivity (Wildman–Crippen MR) is 59.3 cm³/mol. The molecule has 0 aromatic rings. The number of amides is 1. The van der Waals surface area contributed by atoms with Gasteiger partial charge in [-0.25, -0.2) is 4.79 Å². The molecular weight excluding hydrogens is 224 g/mol. The Hall–Kier alpha value is -1.14. The highest BCUT2D eigenvalue weighted by molar-refractivity contribution is 5.79. The molecule has 6 heteroatoms. The fraction of sp³-hybridized carbons (Fsp3) is 0.818. The van der Waals surface area contributed by atoms with Gasteiger partial charge in [-0.05, 0) is 18.8 Å². The molecule has 1 amide bonds. The minimum absolute atomic E-state index is 0.0565. The van der Waals surface area contributed by atoms with Crippen LogP contribution in [0.1, 0.15) is 19.3 Å². The van der Waals surface area contributed by atoms with E-state index in [4.69, 9.17) is 15.6 Å². The Balaban J connectivity index is 1.83. The molecule has 1 heterocycles. The smallest absolute Gasteiger partial charge is 0.334 e. The fourth-order valence-electron chi connectivity index (χ4n) is 2.05. The quantitative estimate of drug-likeness (QED) is 0.688. The van der Waals surface area contributed by atoms with Gasteiger partial charge in [-0.1, -0.05) is 0 Å². The molecule has 2 unspecified atom stereocenters. The topological polar surface area (TPSA) is 92.9 Å². The van der Waals surface area contributed by atoms with Gasteiger partial charge in [0.15, 0.2) is 6.10 Å². The third-order valence-corrected chi connectivity index (χ3v) is 3.33. The first-order valence-corrected chi connectivity index (χ1v) is 5.95. The lowest BCUT2D eigenvalue weighted by Gasteiger charge is -2.31. The van der Waals surface area contributed by atoms with Crippen molar-refractivity contribution < 1.29 is 19.4 Å². The molecule has 0 radical (unpaired) electrons. The van der Waals surface area contributed by atoms with Crippen LogP contribution in [0.15, 0.2) is 0 Å². The summed E-state index contributed by atoms with van der Waals surface area (Å²) in [5, 5.41) is 8.83. The van der Waals surface area contributed by atoms with E-state index in [1.807, 2.05) is 0 Å². The zero-order valence-corrected chi connectivity index (χ0v) is 9.67. The summed E-state index contributed by atoms with van der Waals surface area (Å²) in [5.41, 5.74) is 5.89. The molecule has 0 aromatic carbocycles. The van der Waals surface area contributed by atoms with Gasteiger partial charge in [-0.3, -0.25) is 4.79 Å². The van der Waals surface area contributed by atoms with E-state index in [0.29, 0.717) is 18.9 Å². The summed E-state index contributed by atoms with van der Waals surface area (Å²) in [5.74, 6) is -0.594. The number of hydrogen-bond donors (Lipinski definition) is 2. The van der Waals surface area contributed by atoms with Crippen LogP contribution in [-0.4, -0.2) is 53.7 Å². The van der Waals surface area contributed by atoms with Crippen molar-refractivity contribution in [1.29, 1.82) is 0 Å². The number of rotatable bonds is 4. The number of ether oxygens (including phenoxy) is 1. The van der Waals surface area contributed by atoms with Crippen LogP contribution in [0.2, 0.25) is 0 Å². The molecule has 2 fully saturated rings. The van der Waals surface area contributed by atoms with Gasteiger partial charge < -0.3 is 20.5 Å². The summed E-state index contributed by atoms with van der Waals surface area (Å²) in [4.78, 5) is 24.2. The molecule has 0 bridgehead atoms. The fourth-order valence-corrected chi connectivity index (χ4v) is 2.05. The van der Waals surface area contributed by atoms with Crippen molar-refractivity contribution in [3.05, 3.63) is 0 Å². The second kappa shape index (κ2) is 5.01. The summed E-state index contributed by atoms with van der Waals surface area (Å²) in [6.45, 7) is 0.868. The Morgan fingerprint density at radius 1 is 1.47 bits per heavy atom. The number of aliphatic carboxylic acids is 1. The Labute approximate surface area is 99.7 Å². The highest BCUT2D eigenvalue weighted by Crippen LogP contribution is 2.33. The van der Waals surface area contributed by atoms with E-state index < -0.39 is 12.1 Å². The van der Waals surface area contributed by atoms with E-state index >= 15 is 0 Å². The van der Waals surface area contributed by atoms with E-state index in [1.165, 1.54) is 0 Å². The molecule has 17 heavy (non-hydrogen) atoms. The first-order chi connectivity index (χ1) is 8.08. The number of carboxylic acids is 1. The molecule has 96 valence electrons. The van der Waals surface area contributed by atoms with Crippen molar-refractivity contribution >= 4 is 11.9 Å². The van der Waals surface area contributed by atoms with Crippen LogP contribution >= 0.6 is 0 Å². The second-order valence-electron chi connectivity index (χ2n) is 4.74. The molecule has 2 rings (SSSR count). The summed E-state index contributed by atoms with van der Waals surface area (Å²) in [6, 6.07) is -0.0753. The normalized spacial score (nSPS) is 26.6. The number of carboxylic acid groups (broad SMARTS) is 1. The maximum Gasteiger partial charge on any atom is 0.334 e. The summed E-state index contributed by atoms with van der Waals surface area (Å²) < 4.78 is 5.06. The Morgan fingerprint density at radius 2 is 2.18 bits per heavy atom. The Bertz CT molecular complexity index is 317. The van der Waals surface area contributed by atoms with Gasteiger partial charge >= 0.3 is 5.97 Å². The van der Waals surface area contributed by atoms with Gasteiger partial charge in [0, 0.05) is 19.0 Å². The predicted octanol–water partition coefficient (Wildman–Crippen LogP) is -0.574. The average molecular weight is 242 g/mol. The van der Waals surface area contributed by atoms with E-state index in [0.717, 1.165) is 12.8 Å². The minimum Gasteiger partial charge on any atom is -0.479 e. The van der Waals surface area contributed by atoms with E-state index in [-0.39, 0.29) is 25.1 Å². The summed E-state index contributed by atoms with van der Waals surface area (Å²) in [6.07, 6.45) is 1.63. The van der Waals surface area contributed by atoms with Crippen LogP contribution in [0.25, 0.3) is 0 Å². The zero-order chi connectivity index (χ0) is 12.4. The molecule has 1 saturated carbocycles. The first-order valence-electron chi connectivity index (χ1n) is 5.95. The molecule has 1 saturated heterocycles. The molecule has 1 aliphatic carbocycles. The van der Waals surface area contributed by atoms with Crippen LogP contribution in [0.5, 0.6) is 0 Å². The standard InChI is InChI=1S/C11H18N2O4/c12-8(7-1-2-7)5-10(14)13-3-4-17-9(6-13)11(15)16/h7-9H,1-6,12H2,(H,15,16). The van der Waals surface area contributed by atoms with Gasteiger partial charge in [0.25, 0.3) is 0 Å².